The predicted molar refractivity (Wildman–Crippen MR) is 33.4 cm³/mol. The smallest absolute Gasteiger partial charge is 0.409 e. The first kappa shape index (κ1) is 7.62. The van der Waals surface area contributed by atoms with E-state index in [1.165, 1.54) is 0 Å². The number of rotatable bonds is 2. The number of hydrogen-bond donors (Lipinski definition) is 2. The summed E-state index contributed by atoms with van der Waals surface area (Å²) in [6, 6.07) is 0. The maximum atomic E-state index is 10.1. The third-order valence-corrected chi connectivity index (χ3v) is 1.75. The molecule has 0 saturated carbocycles. The second-order valence-electron chi connectivity index (χ2n) is 0.983. The van der Waals surface area contributed by atoms with Gasteiger partial charge in [-0.25, -0.2) is 10.6 Å². The van der Waals surface area contributed by atoms with Gasteiger partial charge in [-0.2, -0.15) is 0 Å². The van der Waals surface area contributed by atoms with Crippen molar-refractivity contribution in [1.82, 2.24) is 5.43 Å². The third kappa shape index (κ3) is 3.80. The molecular formula is CH8N2O3Si2. The van der Waals surface area contributed by atoms with E-state index in [0.29, 0.717) is 10.5 Å². The van der Waals surface area contributed by atoms with E-state index in [1.807, 2.05) is 5.43 Å². The summed E-state index contributed by atoms with van der Waals surface area (Å²) in [5, 5.41) is 0. The van der Waals surface area contributed by atoms with Crippen LogP contribution in [0.3, 0.4) is 0 Å². The van der Waals surface area contributed by atoms with E-state index < -0.39 is 16.1 Å². The fourth-order valence-electron chi connectivity index (χ4n) is 0.154. The van der Waals surface area contributed by atoms with E-state index >= 15 is 0 Å². The minimum absolute atomic E-state index is 0.613. The van der Waals surface area contributed by atoms with Crippen molar-refractivity contribution in [2.75, 3.05) is 0 Å². The van der Waals surface area contributed by atoms with Crippen LogP contribution >= 0.6 is 0 Å². The molecule has 0 spiro atoms. The van der Waals surface area contributed by atoms with Gasteiger partial charge in [0.25, 0.3) is 0 Å². The van der Waals surface area contributed by atoms with Gasteiger partial charge in [0.05, 0.1) is 0 Å². The molecule has 5 nitrogen and oxygen atoms in total. The Morgan fingerprint density at radius 1 is 1.88 bits per heavy atom. The summed E-state index contributed by atoms with van der Waals surface area (Å²) >= 11 is 0. The molecule has 0 fully saturated rings. The van der Waals surface area contributed by atoms with Gasteiger partial charge in [0.2, 0.25) is 0 Å². The number of carbonyl (C=O) groups excluding carboxylic acids is 1. The Morgan fingerprint density at radius 2 is 2.50 bits per heavy atom. The van der Waals surface area contributed by atoms with Gasteiger partial charge >= 0.3 is 16.1 Å². The average Bonchev–Trinajstić information content (AvgIpc) is 1.83. The second kappa shape index (κ2) is 4.77. The highest BCUT2D eigenvalue weighted by Gasteiger charge is 1.93. The minimum Gasteiger partial charge on any atom is -0.483 e. The zero-order chi connectivity index (χ0) is 6.41. The quantitative estimate of drug-likeness (QED) is 0.190. The molecule has 0 rings (SSSR count). The fourth-order valence-corrected chi connectivity index (χ4v) is 0.816. The molecule has 0 radical (unpaired) electrons. The summed E-state index contributed by atoms with van der Waals surface area (Å²) in [6.07, 6.45) is -0.618. The lowest BCUT2D eigenvalue weighted by Gasteiger charge is -1.99. The van der Waals surface area contributed by atoms with Gasteiger partial charge in [0.15, 0.2) is 0 Å². The molecule has 0 aliphatic carbocycles. The van der Waals surface area contributed by atoms with Gasteiger partial charge in [-0.1, -0.05) is 0 Å². The van der Waals surface area contributed by atoms with Crippen molar-refractivity contribution in [3.63, 3.8) is 0 Å². The number of nitrogens with one attached hydrogen (secondary N) is 1. The molecule has 0 aromatic rings. The van der Waals surface area contributed by atoms with Gasteiger partial charge in [-0.05, 0) is 0 Å². The molecule has 8 heavy (non-hydrogen) atoms. The summed E-state index contributed by atoms with van der Waals surface area (Å²) in [5.74, 6) is 4.67. The summed E-state index contributed by atoms with van der Waals surface area (Å²) in [7, 11) is -0.454. The molecule has 0 aromatic carbocycles. The monoisotopic (exact) mass is 152 g/mol. The van der Waals surface area contributed by atoms with E-state index in [9.17, 15) is 4.79 Å². The van der Waals surface area contributed by atoms with Crippen molar-refractivity contribution in [3.05, 3.63) is 0 Å². The predicted octanol–water partition coefficient (Wildman–Crippen LogP) is -3.12. The number of carbonyl (C=O) groups is 1. The lowest BCUT2D eigenvalue weighted by molar-refractivity contribution is 0.197. The van der Waals surface area contributed by atoms with E-state index in [-0.39, 0.29) is 0 Å². The molecule has 0 aromatic heterocycles. The maximum absolute atomic E-state index is 10.1. The lowest BCUT2D eigenvalue weighted by atomic mass is 11.3. The SMILES string of the molecule is NNC(=O)O[SiH2]O[SiH3]. The zero-order valence-corrected chi connectivity index (χ0v) is 7.92. The van der Waals surface area contributed by atoms with Crippen LogP contribution in [0, 0.1) is 0 Å². The Morgan fingerprint density at radius 3 is 2.88 bits per heavy atom. The number of hydrazine groups is 1. The molecular weight excluding hydrogens is 144 g/mol. The molecule has 48 valence electrons. The van der Waals surface area contributed by atoms with E-state index in [2.05, 4.69) is 14.4 Å². The van der Waals surface area contributed by atoms with Crippen molar-refractivity contribution >= 4 is 26.6 Å². The van der Waals surface area contributed by atoms with Crippen LogP contribution in [0.15, 0.2) is 0 Å². The van der Waals surface area contributed by atoms with Gasteiger partial charge < -0.3 is 8.54 Å². The normalized spacial score (nSPS) is 10.1. The lowest BCUT2D eigenvalue weighted by Crippen LogP contribution is -2.32. The number of amides is 1. The zero-order valence-electron chi connectivity index (χ0n) is 4.51. The Labute approximate surface area is 52.1 Å². The molecule has 0 heterocycles. The maximum Gasteiger partial charge on any atom is 0.409 e. The average molecular weight is 152 g/mol. The summed E-state index contributed by atoms with van der Waals surface area (Å²) in [6.45, 7) is 0. The molecule has 0 unspecified atom stereocenters. The van der Waals surface area contributed by atoms with Crippen LogP contribution in [-0.2, 0) is 8.54 Å². The summed E-state index contributed by atoms with van der Waals surface area (Å²) in [5.41, 5.74) is 1.81. The topological polar surface area (TPSA) is 73.6 Å². The van der Waals surface area contributed by atoms with Gasteiger partial charge in [-0.15, -0.1) is 0 Å². The Kier molecular flexibility index (Phi) is 4.55. The number of hydrogen-bond acceptors (Lipinski definition) is 4. The highest BCUT2D eigenvalue weighted by Crippen LogP contribution is 1.68. The molecule has 0 bridgehead atoms. The largest absolute Gasteiger partial charge is 0.483 e. The highest BCUT2D eigenvalue weighted by atomic mass is 28.3. The second-order valence-corrected chi connectivity index (χ2v) is 3.82. The molecule has 3 N–H and O–H groups in total. The van der Waals surface area contributed by atoms with Crippen molar-refractivity contribution in [2.24, 2.45) is 5.84 Å². The molecule has 0 aliphatic rings. The van der Waals surface area contributed by atoms with Crippen molar-refractivity contribution in [1.29, 1.82) is 0 Å². The van der Waals surface area contributed by atoms with Crippen LogP contribution in [0.5, 0.6) is 0 Å². The first-order valence-corrected chi connectivity index (χ1v) is 3.90. The van der Waals surface area contributed by atoms with Crippen molar-refractivity contribution in [2.45, 2.75) is 0 Å². The van der Waals surface area contributed by atoms with Crippen LogP contribution in [0.2, 0.25) is 0 Å². The van der Waals surface area contributed by atoms with Crippen LogP contribution in [0.1, 0.15) is 0 Å². The fraction of sp³-hybridized carbons (Fsp3) is 0. The Hall–Kier alpha value is -0.376. The molecule has 0 atom stereocenters. The van der Waals surface area contributed by atoms with Gasteiger partial charge in [0, 0.05) is 0 Å². The minimum atomic E-state index is -1.07. The van der Waals surface area contributed by atoms with Crippen LogP contribution in [-0.4, -0.2) is 26.6 Å². The highest BCUT2D eigenvalue weighted by molar-refractivity contribution is 6.30. The van der Waals surface area contributed by atoms with E-state index in [4.69, 9.17) is 0 Å². The van der Waals surface area contributed by atoms with Crippen LogP contribution in [0.4, 0.5) is 4.79 Å². The Bertz CT molecular complexity index is 77.7. The Balaban J connectivity index is 2.99. The van der Waals surface area contributed by atoms with Gasteiger partial charge in [0.1, 0.15) is 10.5 Å². The van der Waals surface area contributed by atoms with Crippen molar-refractivity contribution in [3.8, 4) is 0 Å². The molecule has 1 amide bonds. The standard InChI is InChI=1S/CH8N2O3Si2/c2-3-1(4)5-8-6-7/h2,8H2,7H3,(H,3,4). The third-order valence-electron chi connectivity index (χ3n) is 0.426. The number of nitrogens with two attached hydrogens (primary N) is 1. The van der Waals surface area contributed by atoms with E-state index in [0.717, 1.165) is 0 Å². The molecule has 7 heteroatoms. The summed E-state index contributed by atoms with van der Waals surface area (Å²) < 4.78 is 9.07. The first-order chi connectivity index (χ1) is 3.81. The van der Waals surface area contributed by atoms with Gasteiger partial charge in [-0.3, -0.25) is 5.43 Å². The first-order valence-electron chi connectivity index (χ1n) is 1.93. The van der Waals surface area contributed by atoms with Crippen LogP contribution in [0.25, 0.3) is 0 Å². The summed E-state index contributed by atoms with van der Waals surface area (Å²) in [4.78, 5) is 10.1. The molecule has 0 aliphatic heterocycles. The van der Waals surface area contributed by atoms with E-state index in [1.54, 1.807) is 0 Å². The molecule has 0 saturated heterocycles. The van der Waals surface area contributed by atoms with Crippen LogP contribution < -0.4 is 11.3 Å². The van der Waals surface area contributed by atoms with Crippen molar-refractivity contribution < 1.29 is 13.3 Å².